The van der Waals surface area contributed by atoms with Crippen LogP contribution in [0.1, 0.15) is 47.0 Å². The Balaban J connectivity index is -0.000000207. The van der Waals surface area contributed by atoms with E-state index in [0.29, 0.717) is 5.41 Å². The molecule has 1 rings (SSSR count). The van der Waals surface area contributed by atoms with Crippen molar-refractivity contribution in [2.24, 2.45) is 5.41 Å². The highest BCUT2D eigenvalue weighted by Crippen LogP contribution is 2.26. The Kier molecular flexibility index (Phi) is 15.8. The summed E-state index contributed by atoms with van der Waals surface area (Å²) in [6.45, 7) is 11.2. The van der Waals surface area contributed by atoms with Gasteiger partial charge in [-0.1, -0.05) is 34.1 Å². The standard InChI is InChI=1S/C5H11N.C5H12.2H3O4P/c1-2-4-6-5-3-1;3*1-5(2,3)4/h6H,1-5H2;1-4H3;2*(H3,1,2,3,4). The van der Waals surface area contributed by atoms with Crippen molar-refractivity contribution in [1.82, 2.24) is 5.32 Å². The van der Waals surface area contributed by atoms with Gasteiger partial charge in [-0.15, -0.1) is 0 Å². The van der Waals surface area contributed by atoms with E-state index in [9.17, 15) is 0 Å². The molecule has 0 amide bonds. The molecule has 1 saturated heterocycles. The van der Waals surface area contributed by atoms with Gasteiger partial charge in [0.25, 0.3) is 0 Å². The highest BCUT2D eigenvalue weighted by Gasteiger charge is 2.00. The number of hydrogen-bond acceptors (Lipinski definition) is 3. The van der Waals surface area contributed by atoms with Gasteiger partial charge < -0.3 is 34.7 Å². The molecule has 7 N–H and O–H groups in total. The highest BCUT2D eigenvalue weighted by molar-refractivity contribution is 7.45. The Morgan fingerprint density at radius 2 is 0.905 bits per heavy atom. The van der Waals surface area contributed by atoms with E-state index in [4.69, 9.17) is 38.5 Å². The van der Waals surface area contributed by atoms with Crippen LogP contribution >= 0.6 is 15.6 Å². The number of rotatable bonds is 0. The van der Waals surface area contributed by atoms with Gasteiger partial charge in [0.15, 0.2) is 0 Å². The molecular formula is C10H29NO8P2. The van der Waals surface area contributed by atoms with Gasteiger partial charge in [0, 0.05) is 0 Å². The normalized spacial score (nSPS) is 15.3. The number of hydrogen-bond donors (Lipinski definition) is 7. The van der Waals surface area contributed by atoms with Crippen LogP contribution in [-0.4, -0.2) is 42.4 Å². The van der Waals surface area contributed by atoms with E-state index >= 15 is 0 Å². The zero-order valence-electron chi connectivity index (χ0n) is 12.9. The molecular weight excluding hydrogens is 324 g/mol. The minimum atomic E-state index is -4.64. The lowest BCUT2D eigenvalue weighted by Gasteiger charge is -2.08. The van der Waals surface area contributed by atoms with Gasteiger partial charge in [-0.2, -0.15) is 0 Å². The summed E-state index contributed by atoms with van der Waals surface area (Å²) in [5, 5.41) is 3.28. The lowest BCUT2D eigenvalue weighted by molar-refractivity contribution is 0.272. The van der Waals surface area contributed by atoms with Gasteiger partial charge in [-0.25, -0.2) is 9.13 Å². The van der Waals surface area contributed by atoms with Gasteiger partial charge in [-0.05, 0) is 31.3 Å². The molecule has 1 heterocycles. The molecule has 0 radical (unpaired) electrons. The van der Waals surface area contributed by atoms with Crippen molar-refractivity contribution in [2.45, 2.75) is 47.0 Å². The lowest BCUT2D eigenvalue weighted by Crippen LogP contribution is -2.21. The maximum absolute atomic E-state index is 8.88. The van der Waals surface area contributed by atoms with Crippen LogP contribution in [0.4, 0.5) is 0 Å². The van der Waals surface area contributed by atoms with E-state index in [1.807, 2.05) is 0 Å². The van der Waals surface area contributed by atoms with Gasteiger partial charge in [-0.3, -0.25) is 0 Å². The van der Waals surface area contributed by atoms with Gasteiger partial charge in [0.2, 0.25) is 0 Å². The molecule has 0 aromatic carbocycles. The van der Waals surface area contributed by atoms with Crippen molar-refractivity contribution >= 4 is 15.6 Å². The van der Waals surface area contributed by atoms with E-state index in [0.717, 1.165) is 0 Å². The molecule has 0 spiro atoms. The van der Waals surface area contributed by atoms with Crippen LogP contribution in [0.5, 0.6) is 0 Å². The van der Waals surface area contributed by atoms with Crippen LogP contribution in [-0.2, 0) is 9.13 Å². The molecule has 0 bridgehead atoms. The molecule has 21 heavy (non-hydrogen) atoms. The fraction of sp³-hybridized carbons (Fsp3) is 1.00. The van der Waals surface area contributed by atoms with Crippen LogP contribution in [0.25, 0.3) is 0 Å². The minimum absolute atomic E-state index is 0.500. The maximum Gasteiger partial charge on any atom is 0.466 e. The minimum Gasteiger partial charge on any atom is -0.317 e. The third kappa shape index (κ3) is 175. The van der Waals surface area contributed by atoms with Gasteiger partial charge in [0.05, 0.1) is 0 Å². The molecule has 0 aromatic rings. The molecule has 11 heteroatoms. The molecule has 0 aromatic heterocycles. The zero-order chi connectivity index (χ0) is 17.7. The molecule has 132 valence electrons. The summed E-state index contributed by atoms with van der Waals surface area (Å²) < 4.78 is 17.8. The second-order valence-electron chi connectivity index (χ2n) is 5.84. The summed E-state index contributed by atoms with van der Waals surface area (Å²) in [4.78, 5) is 43.1. The van der Waals surface area contributed by atoms with Crippen LogP contribution in [0.15, 0.2) is 0 Å². The van der Waals surface area contributed by atoms with Gasteiger partial charge in [0.1, 0.15) is 0 Å². The Morgan fingerprint density at radius 1 is 0.714 bits per heavy atom. The van der Waals surface area contributed by atoms with E-state index in [1.165, 1.54) is 32.4 Å². The SMILES string of the molecule is C1CCNCC1.CC(C)(C)C.O=P(O)(O)O.O=P(O)(O)O. The smallest absolute Gasteiger partial charge is 0.317 e. The molecule has 9 nitrogen and oxygen atoms in total. The van der Waals surface area contributed by atoms with Crippen molar-refractivity contribution in [1.29, 1.82) is 0 Å². The number of piperidine rings is 1. The predicted octanol–water partition coefficient (Wildman–Crippen LogP) is 0.955. The summed E-state index contributed by atoms with van der Waals surface area (Å²) in [5.74, 6) is 0. The first-order valence-corrected chi connectivity index (χ1v) is 9.40. The molecule has 1 fully saturated rings. The van der Waals surface area contributed by atoms with Crippen molar-refractivity contribution in [3.8, 4) is 0 Å². The monoisotopic (exact) mass is 353 g/mol. The van der Waals surface area contributed by atoms with Crippen LogP contribution < -0.4 is 5.32 Å². The van der Waals surface area contributed by atoms with Crippen molar-refractivity contribution in [3.63, 3.8) is 0 Å². The average Bonchev–Trinajstić information content (AvgIpc) is 2.12. The molecule has 0 aliphatic carbocycles. The Labute approximate surface area is 125 Å². The summed E-state index contributed by atoms with van der Waals surface area (Å²) >= 11 is 0. The van der Waals surface area contributed by atoms with Gasteiger partial charge >= 0.3 is 15.6 Å². The first-order chi connectivity index (χ1) is 9.00. The second kappa shape index (κ2) is 12.7. The summed E-state index contributed by atoms with van der Waals surface area (Å²) in [6, 6.07) is 0. The Morgan fingerprint density at radius 3 is 0.952 bits per heavy atom. The summed E-state index contributed by atoms with van der Waals surface area (Å²) in [6.07, 6.45) is 4.22. The summed E-state index contributed by atoms with van der Waals surface area (Å²) in [5.41, 5.74) is 0.500. The largest absolute Gasteiger partial charge is 0.466 e. The van der Waals surface area contributed by atoms with Crippen LogP contribution in [0.2, 0.25) is 0 Å². The topological polar surface area (TPSA) is 168 Å². The fourth-order valence-corrected chi connectivity index (χ4v) is 0.802. The molecule has 1 aliphatic heterocycles. The second-order valence-corrected chi connectivity index (χ2v) is 7.89. The fourth-order valence-electron chi connectivity index (χ4n) is 0.802. The van der Waals surface area contributed by atoms with E-state index in [-0.39, 0.29) is 0 Å². The van der Waals surface area contributed by atoms with E-state index < -0.39 is 15.6 Å². The first-order valence-electron chi connectivity index (χ1n) is 6.27. The average molecular weight is 353 g/mol. The van der Waals surface area contributed by atoms with Crippen LogP contribution in [0.3, 0.4) is 0 Å². The quantitative estimate of drug-likeness (QED) is 0.314. The van der Waals surface area contributed by atoms with Crippen molar-refractivity contribution in [3.05, 3.63) is 0 Å². The first kappa shape index (κ1) is 26.1. The van der Waals surface area contributed by atoms with Crippen molar-refractivity contribution in [2.75, 3.05) is 13.1 Å². The molecule has 1 aliphatic rings. The predicted molar refractivity (Wildman–Crippen MR) is 80.4 cm³/mol. The van der Waals surface area contributed by atoms with Crippen LogP contribution in [0, 0.1) is 5.41 Å². The highest BCUT2D eigenvalue weighted by atomic mass is 31.2. The lowest BCUT2D eigenvalue weighted by atomic mass is 10.0. The number of phosphoric acid groups is 2. The summed E-state index contributed by atoms with van der Waals surface area (Å²) in [7, 11) is -9.28. The number of nitrogens with one attached hydrogen (secondary N) is 1. The van der Waals surface area contributed by atoms with E-state index in [1.54, 1.807) is 0 Å². The third-order valence-corrected chi connectivity index (χ3v) is 1.21. The van der Waals surface area contributed by atoms with Crippen molar-refractivity contribution < 1.29 is 38.5 Å². The molecule has 0 unspecified atom stereocenters. The zero-order valence-corrected chi connectivity index (χ0v) is 14.7. The van der Waals surface area contributed by atoms with E-state index in [2.05, 4.69) is 33.0 Å². The molecule has 0 atom stereocenters. The molecule has 0 saturated carbocycles. The third-order valence-electron chi connectivity index (χ3n) is 1.21. The Hall–Kier alpha value is 0.180. The maximum atomic E-state index is 8.88. The Bertz CT molecular complexity index is 261.